The predicted molar refractivity (Wildman–Crippen MR) is 139 cm³/mol. The molecule has 0 bridgehead atoms. The minimum Gasteiger partial charge on any atom is -0.457 e. The third kappa shape index (κ3) is 6.04. The highest BCUT2D eigenvalue weighted by molar-refractivity contribution is 7.99. The van der Waals surface area contributed by atoms with Crippen molar-refractivity contribution in [2.45, 2.75) is 24.2 Å². The SMILES string of the molecule is O=C(CSc1nc2c(c(C(F)(F)F)n1)CCc1ccccc1-2)Nc1cc(Oc2ccc(F)cc2)cc([N+](=O)[O-])c1. The number of hydrogen-bond donors (Lipinski definition) is 1. The predicted octanol–water partition coefficient (Wildman–Crippen LogP) is 6.83. The van der Waals surface area contributed by atoms with Gasteiger partial charge in [0.2, 0.25) is 5.91 Å². The molecule has 5 rings (SSSR count). The summed E-state index contributed by atoms with van der Waals surface area (Å²) in [5, 5.41) is 13.7. The van der Waals surface area contributed by atoms with E-state index in [1.165, 1.54) is 18.2 Å². The number of ether oxygens (including phenoxy) is 1. The lowest BCUT2D eigenvalue weighted by atomic mass is 9.88. The summed E-state index contributed by atoms with van der Waals surface area (Å²) in [5.74, 6) is -1.30. The normalized spacial score (nSPS) is 12.3. The molecule has 1 aliphatic carbocycles. The van der Waals surface area contributed by atoms with Crippen LogP contribution in [-0.4, -0.2) is 26.6 Å². The van der Waals surface area contributed by atoms with E-state index in [0.717, 1.165) is 29.8 Å². The third-order valence-electron chi connectivity index (χ3n) is 5.94. The van der Waals surface area contributed by atoms with Gasteiger partial charge in [0.1, 0.15) is 17.3 Å². The maximum absolute atomic E-state index is 13.9. The molecule has 8 nitrogen and oxygen atoms in total. The third-order valence-corrected chi connectivity index (χ3v) is 6.79. The van der Waals surface area contributed by atoms with E-state index in [1.54, 1.807) is 18.2 Å². The van der Waals surface area contributed by atoms with Gasteiger partial charge in [0, 0.05) is 23.3 Å². The average Bonchev–Trinajstić information content (AvgIpc) is 2.92. The quantitative estimate of drug-likeness (QED) is 0.0853. The molecule has 0 unspecified atom stereocenters. The van der Waals surface area contributed by atoms with Crippen LogP contribution >= 0.6 is 11.8 Å². The second-order valence-electron chi connectivity index (χ2n) is 8.70. The van der Waals surface area contributed by atoms with Crippen LogP contribution in [0.15, 0.2) is 71.9 Å². The number of anilines is 1. The van der Waals surface area contributed by atoms with Crippen LogP contribution < -0.4 is 10.1 Å². The maximum Gasteiger partial charge on any atom is 0.433 e. The van der Waals surface area contributed by atoms with Crippen molar-refractivity contribution in [3.8, 4) is 22.8 Å². The molecule has 0 fully saturated rings. The molecule has 1 amide bonds. The van der Waals surface area contributed by atoms with Crippen molar-refractivity contribution >= 4 is 29.0 Å². The van der Waals surface area contributed by atoms with Gasteiger partial charge >= 0.3 is 6.18 Å². The molecule has 4 aromatic rings. The summed E-state index contributed by atoms with van der Waals surface area (Å²) >= 11 is 0.709. The zero-order chi connectivity index (χ0) is 28.4. The molecule has 13 heteroatoms. The number of hydrogen-bond acceptors (Lipinski definition) is 7. The first-order valence-corrected chi connectivity index (χ1v) is 12.8. The van der Waals surface area contributed by atoms with Crippen molar-refractivity contribution in [1.82, 2.24) is 9.97 Å². The van der Waals surface area contributed by atoms with Gasteiger partial charge < -0.3 is 10.1 Å². The number of nitro groups is 1. The van der Waals surface area contributed by atoms with Crippen LogP contribution in [0, 0.1) is 15.9 Å². The monoisotopic (exact) mass is 570 g/mol. The molecule has 3 aromatic carbocycles. The number of aromatic nitrogens is 2. The number of nitrogens with one attached hydrogen (secondary N) is 1. The van der Waals surface area contributed by atoms with E-state index >= 15 is 0 Å². The first-order chi connectivity index (χ1) is 19.1. The summed E-state index contributed by atoms with van der Waals surface area (Å²) in [7, 11) is 0. The van der Waals surface area contributed by atoms with E-state index in [9.17, 15) is 32.5 Å². The zero-order valence-electron chi connectivity index (χ0n) is 20.4. The lowest BCUT2D eigenvalue weighted by Crippen LogP contribution is -2.19. The van der Waals surface area contributed by atoms with Crippen LogP contribution in [0.5, 0.6) is 11.5 Å². The van der Waals surface area contributed by atoms with Gasteiger partial charge in [-0.3, -0.25) is 14.9 Å². The molecule has 1 aromatic heterocycles. The summed E-state index contributed by atoms with van der Waals surface area (Å²) < 4.78 is 60.3. The number of nitrogens with zero attached hydrogens (tertiary/aromatic N) is 3. The second-order valence-corrected chi connectivity index (χ2v) is 9.64. The molecule has 0 radical (unpaired) electrons. The van der Waals surface area contributed by atoms with Crippen molar-refractivity contribution in [3.05, 3.63) is 99.5 Å². The second kappa shape index (κ2) is 10.9. The first-order valence-electron chi connectivity index (χ1n) is 11.8. The fourth-order valence-electron chi connectivity index (χ4n) is 4.24. The first kappa shape index (κ1) is 27.1. The van der Waals surface area contributed by atoms with Crippen LogP contribution in [0.2, 0.25) is 0 Å². The minimum absolute atomic E-state index is 0.00951. The number of thioether (sulfide) groups is 1. The lowest BCUT2D eigenvalue weighted by Gasteiger charge is -2.22. The number of nitro benzene ring substituents is 1. The molecule has 0 spiro atoms. The number of fused-ring (bicyclic) bond motifs is 3. The van der Waals surface area contributed by atoms with Gasteiger partial charge in [0.15, 0.2) is 10.9 Å². The molecule has 0 aliphatic heterocycles. The fraction of sp³-hybridized carbons (Fsp3) is 0.148. The van der Waals surface area contributed by atoms with Crippen LogP contribution in [0.4, 0.5) is 28.9 Å². The molecule has 0 saturated heterocycles. The number of aryl methyl sites for hydroxylation is 1. The highest BCUT2D eigenvalue weighted by Crippen LogP contribution is 2.40. The lowest BCUT2D eigenvalue weighted by molar-refractivity contribution is -0.384. The van der Waals surface area contributed by atoms with Gasteiger partial charge in [0.25, 0.3) is 5.69 Å². The number of non-ortho nitro benzene ring substituents is 1. The Kier molecular flexibility index (Phi) is 7.39. The topological polar surface area (TPSA) is 107 Å². The van der Waals surface area contributed by atoms with Crippen molar-refractivity contribution < 1.29 is 32.0 Å². The molecule has 0 atom stereocenters. The zero-order valence-corrected chi connectivity index (χ0v) is 21.2. The Balaban J connectivity index is 1.35. The standard InChI is InChI=1S/C27H18F4N4O4S/c28-16-6-8-19(9-7-16)39-20-12-17(11-18(13-20)35(37)38)32-23(36)14-40-26-33-24-21-4-2-1-3-15(21)5-10-22(24)25(34-26)27(29,30)31/h1-4,6-9,11-13H,5,10,14H2,(H,32,36). The molecule has 204 valence electrons. The molecular formula is C27H18F4N4O4S. The fourth-order valence-corrected chi connectivity index (χ4v) is 4.88. The Bertz CT molecular complexity index is 1610. The summed E-state index contributed by atoms with van der Waals surface area (Å²) in [6.45, 7) is 0. The van der Waals surface area contributed by atoms with E-state index < -0.39 is 28.5 Å². The summed E-state index contributed by atoms with van der Waals surface area (Å²) in [6.07, 6.45) is -4.14. The van der Waals surface area contributed by atoms with Crippen LogP contribution in [0.25, 0.3) is 11.3 Å². The highest BCUT2D eigenvalue weighted by Gasteiger charge is 2.38. The largest absolute Gasteiger partial charge is 0.457 e. The van der Waals surface area contributed by atoms with Crippen LogP contribution in [-0.2, 0) is 23.8 Å². The Hall–Kier alpha value is -4.52. The smallest absolute Gasteiger partial charge is 0.433 e. The summed E-state index contributed by atoms with van der Waals surface area (Å²) in [4.78, 5) is 31.5. The van der Waals surface area contributed by atoms with Gasteiger partial charge in [-0.2, -0.15) is 13.2 Å². The van der Waals surface area contributed by atoms with Crippen molar-refractivity contribution in [2.75, 3.05) is 11.1 Å². The number of carbonyl (C=O) groups is 1. The van der Waals surface area contributed by atoms with Gasteiger partial charge in [0.05, 0.1) is 28.1 Å². The number of benzene rings is 3. The molecule has 0 saturated carbocycles. The van der Waals surface area contributed by atoms with E-state index in [4.69, 9.17) is 4.74 Å². The molecule has 40 heavy (non-hydrogen) atoms. The van der Waals surface area contributed by atoms with Crippen molar-refractivity contribution in [1.29, 1.82) is 0 Å². The molecule has 1 heterocycles. The molecule has 1 N–H and O–H groups in total. The van der Waals surface area contributed by atoms with Gasteiger partial charge in [-0.25, -0.2) is 14.4 Å². The van der Waals surface area contributed by atoms with E-state index in [2.05, 4.69) is 15.3 Å². The molecule has 1 aliphatic rings. The maximum atomic E-state index is 13.9. The Morgan fingerprint density at radius 1 is 1.02 bits per heavy atom. The van der Waals surface area contributed by atoms with Crippen molar-refractivity contribution in [2.24, 2.45) is 0 Å². The number of rotatable bonds is 7. The van der Waals surface area contributed by atoms with Crippen LogP contribution in [0.1, 0.15) is 16.8 Å². The highest BCUT2D eigenvalue weighted by atomic mass is 32.2. The number of carbonyl (C=O) groups excluding carboxylic acids is 1. The minimum atomic E-state index is -4.71. The Labute approximate surface area is 228 Å². The van der Waals surface area contributed by atoms with Gasteiger partial charge in [-0.05, 0) is 42.7 Å². The van der Waals surface area contributed by atoms with E-state index in [-0.39, 0.29) is 51.5 Å². The summed E-state index contributed by atoms with van der Waals surface area (Å²) in [6, 6.07) is 15.6. The Morgan fingerprint density at radius 2 is 1.77 bits per heavy atom. The average molecular weight is 571 g/mol. The number of amides is 1. The van der Waals surface area contributed by atoms with Crippen LogP contribution in [0.3, 0.4) is 0 Å². The van der Waals surface area contributed by atoms with Crippen molar-refractivity contribution in [3.63, 3.8) is 0 Å². The number of alkyl halides is 3. The van der Waals surface area contributed by atoms with Gasteiger partial charge in [-0.1, -0.05) is 36.0 Å². The number of halogens is 4. The molecular weight excluding hydrogens is 552 g/mol. The Morgan fingerprint density at radius 3 is 2.50 bits per heavy atom. The summed E-state index contributed by atoms with van der Waals surface area (Å²) in [5.41, 5.74) is 0.283. The van der Waals surface area contributed by atoms with E-state index in [0.29, 0.717) is 23.7 Å². The van der Waals surface area contributed by atoms with E-state index in [1.807, 2.05) is 6.07 Å². The van der Waals surface area contributed by atoms with Gasteiger partial charge in [-0.15, -0.1) is 0 Å².